The van der Waals surface area contributed by atoms with Gasteiger partial charge in [0, 0.05) is 42.5 Å². The highest BCUT2D eigenvalue weighted by molar-refractivity contribution is 5.88. The quantitative estimate of drug-likeness (QED) is 0.0358. The van der Waals surface area contributed by atoms with Crippen LogP contribution in [0.25, 0.3) is 0 Å². The topological polar surface area (TPSA) is 167 Å². The predicted octanol–water partition coefficient (Wildman–Crippen LogP) is 15.4. The Kier molecular flexibility index (Phi) is 26.2. The van der Waals surface area contributed by atoms with Crippen molar-refractivity contribution in [2.75, 3.05) is 52.9 Å². The van der Waals surface area contributed by atoms with Gasteiger partial charge in [-0.1, -0.05) is 101 Å². The summed E-state index contributed by atoms with van der Waals surface area (Å²) in [6.07, 6.45) is 13.2. The summed E-state index contributed by atoms with van der Waals surface area (Å²) in [6, 6.07) is 37.2. The van der Waals surface area contributed by atoms with Crippen LogP contribution in [0.15, 0.2) is 229 Å². The fourth-order valence-corrected chi connectivity index (χ4v) is 8.39. The molecule has 0 spiro atoms. The van der Waals surface area contributed by atoms with E-state index in [1.165, 1.54) is 12.1 Å². The molecule has 1 N–H and O–H groups in total. The van der Waals surface area contributed by atoms with Crippen LogP contribution in [-0.4, -0.2) is 63.9 Å². The first kappa shape index (κ1) is 65.7. The Hall–Kier alpha value is -10.9. The summed E-state index contributed by atoms with van der Waals surface area (Å²) in [5, 5.41) is 10.4. The van der Waals surface area contributed by atoms with Crippen molar-refractivity contribution in [3.05, 3.63) is 268 Å². The highest BCUT2D eigenvalue weighted by atomic mass is 16.5. The van der Waals surface area contributed by atoms with Crippen LogP contribution in [0.4, 0.5) is 0 Å². The van der Waals surface area contributed by atoms with Crippen molar-refractivity contribution in [2.24, 2.45) is 0 Å². The Morgan fingerprint density at radius 1 is 0.236 bits per heavy atom. The number of carboxylic acids is 1. The zero-order valence-corrected chi connectivity index (χ0v) is 49.9. The summed E-state index contributed by atoms with van der Waals surface area (Å²) in [5.41, 5.74) is 4.25. The zero-order chi connectivity index (χ0) is 63.0. The molecular weight excluding hydrogens is 1130 g/mol. The maximum atomic E-state index is 12.7. The monoisotopic (exact) mass is 1210 g/mol. The number of rotatable bonds is 43. The van der Waals surface area contributed by atoms with Gasteiger partial charge in [0.25, 0.3) is 0 Å². The summed E-state index contributed by atoms with van der Waals surface area (Å²) >= 11 is 0. The molecule has 0 aliphatic heterocycles. The Morgan fingerprint density at radius 2 is 0.371 bits per heavy atom. The molecule has 0 unspecified atom stereocenters. The van der Waals surface area contributed by atoms with Crippen LogP contribution in [0.1, 0.15) is 43.7 Å². The van der Waals surface area contributed by atoms with Crippen LogP contribution in [0.3, 0.4) is 0 Å². The Bertz CT molecular complexity index is 3020. The van der Waals surface area contributed by atoms with Gasteiger partial charge < -0.3 is 71.4 Å². The Labute approximate surface area is 520 Å². The SMILES string of the molecule is C=CCOc1cc(COc2cc(COc3cc(OCc4cc(OCc5cc(OCC=C)cc(OCC=C)c5)cc(OCc5cc(OCC=C)cc(OCC=C)c5)c4)cc(C(=O)O)c3)cc(OCc3cc(OCC=C)cc(OCC=C)c3)c2)cc(OCC=C)c1. The minimum atomic E-state index is -1.19. The lowest BCUT2D eigenvalue weighted by atomic mass is 10.1. The molecule has 0 aliphatic carbocycles. The van der Waals surface area contributed by atoms with E-state index in [4.69, 9.17) is 66.3 Å². The van der Waals surface area contributed by atoms with Crippen molar-refractivity contribution >= 4 is 5.97 Å². The molecule has 462 valence electrons. The first-order valence-electron chi connectivity index (χ1n) is 28.4. The van der Waals surface area contributed by atoms with E-state index < -0.39 is 5.97 Å². The maximum Gasteiger partial charge on any atom is 0.335 e. The minimum Gasteiger partial charge on any atom is -0.489 e. The molecule has 0 bridgehead atoms. The molecule has 89 heavy (non-hydrogen) atoms. The van der Waals surface area contributed by atoms with Gasteiger partial charge >= 0.3 is 5.97 Å². The van der Waals surface area contributed by atoms with Crippen LogP contribution < -0.4 is 66.3 Å². The summed E-state index contributed by atoms with van der Waals surface area (Å²) < 4.78 is 85.4. The molecule has 0 saturated heterocycles. The number of carboxylic acid groups (broad SMARTS) is 1. The molecule has 16 heteroatoms. The molecule has 7 aromatic carbocycles. The fourth-order valence-electron chi connectivity index (χ4n) is 8.39. The third-order valence-corrected chi connectivity index (χ3v) is 12.1. The van der Waals surface area contributed by atoms with E-state index in [9.17, 15) is 9.90 Å². The van der Waals surface area contributed by atoms with Crippen molar-refractivity contribution in [2.45, 2.75) is 39.6 Å². The fraction of sp³-hybridized carbons (Fsp3) is 0.192. The molecular formula is C73H74O16. The molecule has 0 atom stereocenters. The lowest BCUT2D eigenvalue weighted by Gasteiger charge is -2.16. The second-order valence-corrected chi connectivity index (χ2v) is 19.4. The number of hydrogen-bond donors (Lipinski definition) is 1. The molecule has 0 aromatic heterocycles. The number of aromatic carboxylic acids is 1. The van der Waals surface area contributed by atoms with Gasteiger partial charge in [0.15, 0.2) is 0 Å². The van der Waals surface area contributed by atoms with Gasteiger partial charge in [-0.25, -0.2) is 4.79 Å². The molecule has 0 fully saturated rings. The molecule has 0 radical (unpaired) electrons. The highest BCUT2D eigenvalue weighted by Gasteiger charge is 2.16. The first-order valence-corrected chi connectivity index (χ1v) is 28.4. The highest BCUT2D eigenvalue weighted by Crippen LogP contribution is 2.34. The summed E-state index contributed by atoms with van der Waals surface area (Å²) in [4.78, 5) is 12.7. The van der Waals surface area contributed by atoms with E-state index in [-0.39, 0.29) is 56.7 Å². The Balaban J connectivity index is 1.16. The first-order chi connectivity index (χ1) is 43.5. The van der Waals surface area contributed by atoms with E-state index >= 15 is 0 Å². The van der Waals surface area contributed by atoms with Gasteiger partial charge in [0.05, 0.1) is 5.56 Å². The van der Waals surface area contributed by atoms with Crippen molar-refractivity contribution < 1.29 is 76.2 Å². The van der Waals surface area contributed by atoms with Crippen molar-refractivity contribution in [1.29, 1.82) is 0 Å². The third kappa shape index (κ3) is 22.5. The normalized spacial score (nSPS) is 10.4. The second-order valence-electron chi connectivity index (χ2n) is 19.4. The molecule has 0 amide bonds. The summed E-state index contributed by atoms with van der Waals surface area (Å²) in [7, 11) is 0. The largest absolute Gasteiger partial charge is 0.489 e. The molecule has 7 aromatic rings. The third-order valence-electron chi connectivity index (χ3n) is 12.1. The van der Waals surface area contributed by atoms with Gasteiger partial charge in [-0.15, -0.1) is 0 Å². The zero-order valence-electron chi connectivity index (χ0n) is 49.9. The van der Waals surface area contributed by atoms with Gasteiger partial charge in [-0.2, -0.15) is 0 Å². The van der Waals surface area contributed by atoms with E-state index in [0.29, 0.717) is 133 Å². The van der Waals surface area contributed by atoms with Crippen LogP contribution in [0, 0.1) is 0 Å². The van der Waals surface area contributed by atoms with Crippen LogP contribution in [0.2, 0.25) is 0 Å². The van der Waals surface area contributed by atoms with Gasteiger partial charge in [-0.3, -0.25) is 0 Å². The molecule has 16 nitrogen and oxygen atoms in total. The average molecular weight is 1210 g/mol. The second kappa shape index (κ2) is 35.6. The average Bonchev–Trinajstić information content (AvgIpc) is 3.70. The van der Waals surface area contributed by atoms with Crippen LogP contribution >= 0.6 is 0 Å². The number of hydrogen-bond acceptors (Lipinski definition) is 15. The lowest BCUT2D eigenvalue weighted by molar-refractivity contribution is 0.0695. The minimum absolute atomic E-state index is 0.0404. The molecule has 0 saturated carbocycles. The van der Waals surface area contributed by atoms with Crippen molar-refractivity contribution in [1.82, 2.24) is 0 Å². The number of carbonyl (C=O) groups is 1. The molecule has 7 rings (SSSR count). The maximum absolute atomic E-state index is 12.7. The number of ether oxygens (including phenoxy) is 14. The predicted molar refractivity (Wildman–Crippen MR) is 344 cm³/mol. The molecule has 0 aliphatic rings. The smallest absolute Gasteiger partial charge is 0.335 e. The van der Waals surface area contributed by atoms with E-state index in [1.807, 2.05) is 72.8 Å². The van der Waals surface area contributed by atoms with E-state index in [1.54, 1.807) is 91.1 Å². The van der Waals surface area contributed by atoms with Crippen LogP contribution in [-0.2, 0) is 39.6 Å². The van der Waals surface area contributed by atoms with E-state index in [0.717, 1.165) is 22.3 Å². The van der Waals surface area contributed by atoms with Gasteiger partial charge in [-0.05, 0) is 118 Å². The number of benzene rings is 7. The van der Waals surface area contributed by atoms with E-state index in [2.05, 4.69) is 52.6 Å². The lowest BCUT2D eigenvalue weighted by Crippen LogP contribution is -2.05. The summed E-state index contributed by atoms with van der Waals surface area (Å²) in [6.45, 7) is 32.9. The van der Waals surface area contributed by atoms with Crippen LogP contribution in [0.5, 0.6) is 80.5 Å². The summed E-state index contributed by atoms with van der Waals surface area (Å²) in [5.74, 6) is 5.61. The van der Waals surface area contributed by atoms with Crippen molar-refractivity contribution in [3.8, 4) is 80.5 Å². The van der Waals surface area contributed by atoms with Gasteiger partial charge in [0.2, 0.25) is 0 Å². The Morgan fingerprint density at radius 3 is 0.506 bits per heavy atom. The van der Waals surface area contributed by atoms with Crippen molar-refractivity contribution in [3.63, 3.8) is 0 Å². The van der Waals surface area contributed by atoms with Gasteiger partial charge in [0.1, 0.15) is 173 Å². The molecule has 0 heterocycles. The standard InChI is InChI=1S/C73H74O16/c1-9-17-76-59-25-52(26-60(39-59)77-18-10-2)46-84-67-33-56(34-68(43-67)85-47-53-27-61(78-19-11-3)40-62(28-53)79-20-12-4)50-88-71-37-58(73(74)75)38-72(45-71)89-51-57-35-69(86-48-54-29-63(80-21-13-5)41-64(30-54)81-22-14-6)44-70(36-57)87-49-55-31-65(82-23-15-7)42-66(32-55)83-24-16-8/h9-16,25-45H,1-8,17-24,46-51H2,(H,74,75).